The van der Waals surface area contributed by atoms with Gasteiger partial charge in [0.2, 0.25) is 0 Å². The lowest BCUT2D eigenvalue weighted by Crippen LogP contribution is -2.29. The minimum Gasteiger partial charge on any atom is -0.507 e. The monoisotopic (exact) mass is 435 g/mol. The van der Waals surface area contributed by atoms with E-state index in [2.05, 4.69) is 0 Å². The minimum absolute atomic E-state index is 0.0160. The number of rotatable bonds is 5. The first-order valence-electron chi connectivity index (χ1n) is 10.2. The molecule has 6 nitrogen and oxygen atoms in total. The topological polar surface area (TPSA) is 80.0 Å². The number of carbonyl (C=O) groups excluding carboxylic acids is 2. The molecule has 7 heteroatoms. The van der Waals surface area contributed by atoms with Gasteiger partial charge in [0, 0.05) is 11.3 Å². The van der Waals surface area contributed by atoms with Crippen LogP contribution in [0.3, 0.4) is 0 Å². The summed E-state index contributed by atoms with van der Waals surface area (Å²) < 4.78 is 24.8. The highest BCUT2D eigenvalue weighted by molar-refractivity contribution is 6.51. The molecule has 0 saturated carbocycles. The summed E-state index contributed by atoms with van der Waals surface area (Å²) in [5.74, 6) is -0.985. The Morgan fingerprint density at radius 1 is 1.03 bits per heavy atom. The SMILES string of the molecule is Cc1ccc(C2/C(=C(/O)c3ccc(OC(C)C)cc3)C(=O)C(=O)N2c2ccc(F)cc2)o1. The molecular weight excluding hydrogens is 413 g/mol. The normalized spacial score (nSPS) is 17.9. The Morgan fingerprint density at radius 3 is 2.25 bits per heavy atom. The highest BCUT2D eigenvalue weighted by Crippen LogP contribution is 2.42. The number of hydrogen-bond donors (Lipinski definition) is 1. The molecule has 1 unspecified atom stereocenters. The predicted molar refractivity (Wildman–Crippen MR) is 117 cm³/mol. The molecule has 164 valence electrons. The molecule has 1 saturated heterocycles. The smallest absolute Gasteiger partial charge is 0.300 e. The van der Waals surface area contributed by atoms with E-state index >= 15 is 0 Å². The van der Waals surface area contributed by atoms with Crippen molar-refractivity contribution in [1.82, 2.24) is 0 Å². The average Bonchev–Trinajstić information content (AvgIpc) is 3.29. The van der Waals surface area contributed by atoms with Gasteiger partial charge in [0.1, 0.15) is 34.9 Å². The molecule has 1 N–H and O–H groups in total. The Morgan fingerprint density at radius 2 is 1.69 bits per heavy atom. The number of carbonyl (C=O) groups is 2. The van der Waals surface area contributed by atoms with E-state index < -0.39 is 23.5 Å². The second-order valence-electron chi connectivity index (χ2n) is 7.78. The molecule has 2 aromatic carbocycles. The lowest BCUT2D eigenvalue weighted by molar-refractivity contribution is -0.132. The van der Waals surface area contributed by atoms with Gasteiger partial charge in [0.05, 0.1) is 11.7 Å². The van der Waals surface area contributed by atoms with Crippen LogP contribution in [0, 0.1) is 12.7 Å². The number of aliphatic hydroxyl groups excluding tert-OH is 1. The molecule has 3 aromatic rings. The van der Waals surface area contributed by atoms with Crippen molar-refractivity contribution in [2.24, 2.45) is 0 Å². The molecule has 32 heavy (non-hydrogen) atoms. The number of ether oxygens (including phenoxy) is 1. The lowest BCUT2D eigenvalue weighted by Gasteiger charge is -2.23. The van der Waals surface area contributed by atoms with Gasteiger partial charge in [-0.1, -0.05) is 0 Å². The van der Waals surface area contributed by atoms with E-state index in [9.17, 15) is 19.1 Å². The van der Waals surface area contributed by atoms with Gasteiger partial charge in [0.25, 0.3) is 11.7 Å². The van der Waals surface area contributed by atoms with Crippen molar-refractivity contribution in [1.29, 1.82) is 0 Å². The minimum atomic E-state index is -0.999. The number of aryl methyl sites for hydroxylation is 1. The molecule has 1 atom stereocenters. The predicted octanol–water partition coefficient (Wildman–Crippen LogP) is 5.14. The molecule has 1 aliphatic rings. The van der Waals surface area contributed by atoms with Gasteiger partial charge in [-0.15, -0.1) is 0 Å². The number of amides is 1. The molecule has 4 rings (SSSR count). The molecule has 1 fully saturated rings. The van der Waals surface area contributed by atoms with Crippen molar-refractivity contribution in [3.63, 3.8) is 0 Å². The zero-order valence-corrected chi connectivity index (χ0v) is 17.8. The summed E-state index contributed by atoms with van der Waals surface area (Å²) in [6.07, 6.45) is -0.0160. The Hall–Kier alpha value is -3.87. The van der Waals surface area contributed by atoms with Gasteiger partial charge < -0.3 is 14.3 Å². The van der Waals surface area contributed by atoms with Crippen molar-refractivity contribution in [2.75, 3.05) is 4.90 Å². The third-order valence-electron chi connectivity index (χ3n) is 5.08. The van der Waals surface area contributed by atoms with Crippen molar-refractivity contribution in [3.8, 4) is 5.75 Å². The van der Waals surface area contributed by atoms with Crippen LogP contribution in [0.2, 0.25) is 0 Å². The van der Waals surface area contributed by atoms with Crippen LogP contribution in [0.25, 0.3) is 5.76 Å². The number of halogens is 1. The summed E-state index contributed by atoms with van der Waals surface area (Å²) in [6.45, 7) is 5.54. The summed E-state index contributed by atoms with van der Waals surface area (Å²) >= 11 is 0. The van der Waals surface area contributed by atoms with Crippen molar-refractivity contribution < 1.29 is 28.2 Å². The number of nitrogens with zero attached hydrogens (tertiary/aromatic N) is 1. The molecule has 1 aliphatic heterocycles. The molecule has 0 spiro atoms. The number of furan rings is 1. The van der Waals surface area contributed by atoms with E-state index in [1.165, 1.54) is 29.2 Å². The summed E-state index contributed by atoms with van der Waals surface area (Å²) in [7, 11) is 0. The molecule has 0 bridgehead atoms. The fourth-order valence-electron chi connectivity index (χ4n) is 3.69. The second-order valence-corrected chi connectivity index (χ2v) is 7.78. The lowest BCUT2D eigenvalue weighted by atomic mass is 9.99. The van der Waals surface area contributed by atoms with Crippen molar-refractivity contribution in [2.45, 2.75) is 32.9 Å². The van der Waals surface area contributed by atoms with Gasteiger partial charge in [-0.25, -0.2) is 4.39 Å². The maximum absolute atomic E-state index is 13.5. The summed E-state index contributed by atoms with van der Waals surface area (Å²) in [4.78, 5) is 27.2. The average molecular weight is 435 g/mol. The van der Waals surface area contributed by atoms with E-state index in [0.717, 1.165) is 0 Å². The molecule has 0 radical (unpaired) electrons. The first-order valence-corrected chi connectivity index (χ1v) is 10.2. The van der Waals surface area contributed by atoms with Crippen LogP contribution in [0.5, 0.6) is 5.75 Å². The zero-order valence-electron chi connectivity index (χ0n) is 17.8. The number of benzene rings is 2. The molecular formula is C25H22FNO5. The highest BCUT2D eigenvalue weighted by atomic mass is 19.1. The number of hydrogen-bond acceptors (Lipinski definition) is 5. The van der Waals surface area contributed by atoms with E-state index in [1.807, 2.05) is 13.8 Å². The van der Waals surface area contributed by atoms with Crippen LogP contribution in [0.4, 0.5) is 10.1 Å². The van der Waals surface area contributed by atoms with E-state index in [-0.39, 0.29) is 17.4 Å². The largest absolute Gasteiger partial charge is 0.507 e. The number of Topliss-reactive ketones (excluding diaryl/α,β-unsaturated/α-hetero) is 1. The van der Waals surface area contributed by atoms with E-state index in [0.29, 0.717) is 28.5 Å². The van der Waals surface area contributed by atoms with Crippen LogP contribution < -0.4 is 9.64 Å². The van der Waals surface area contributed by atoms with Gasteiger partial charge in [-0.2, -0.15) is 0 Å². The van der Waals surface area contributed by atoms with Crippen LogP contribution in [-0.4, -0.2) is 22.9 Å². The fraction of sp³-hybridized carbons (Fsp3) is 0.200. The van der Waals surface area contributed by atoms with Gasteiger partial charge in [-0.05, 0) is 81.4 Å². The van der Waals surface area contributed by atoms with Gasteiger partial charge >= 0.3 is 0 Å². The first-order chi connectivity index (χ1) is 15.3. The van der Waals surface area contributed by atoms with E-state index in [1.54, 1.807) is 43.3 Å². The molecule has 2 heterocycles. The van der Waals surface area contributed by atoms with Crippen LogP contribution >= 0.6 is 0 Å². The first kappa shape index (κ1) is 21.4. The van der Waals surface area contributed by atoms with Crippen LogP contribution in [-0.2, 0) is 9.59 Å². The Kier molecular flexibility index (Phi) is 5.57. The van der Waals surface area contributed by atoms with E-state index in [4.69, 9.17) is 9.15 Å². The maximum Gasteiger partial charge on any atom is 0.300 e. The highest BCUT2D eigenvalue weighted by Gasteiger charge is 2.48. The van der Waals surface area contributed by atoms with Gasteiger partial charge in [0.15, 0.2) is 0 Å². The third-order valence-corrected chi connectivity index (χ3v) is 5.08. The van der Waals surface area contributed by atoms with Crippen LogP contribution in [0.15, 0.2) is 70.7 Å². The van der Waals surface area contributed by atoms with Crippen molar-refractivity contribution in [3.05, 3.63) is 89.1 Å². The van der Waals surface area contributed by atoms with Gasteiger partial charge in [-0.3, -0.25) is 14.5 Å². The Labute approximate surface area is 184 Å². The Bertz CT molecular complexity index is 1190. The number of aliphatic hydroxyl groups is 1. The second kappa shape index (κ2) is 8.34. The quantitative estimate of drug-likeness (QED) is 0.341. The summed E-state index contributed by atoms with van der Waals surface area (Å²) in [6, 6.07) is 14.1. The number of anilines is 1. The molecule has 0 aliphatic carbocycles. The fourth-order valence-corrected chi connectivity index (χ4v) is 3.69. The zero-order chi connectivity index (χ0) is 23.0. The van der Waals surface area contributed by atoms with Crippen LogP contribution in [0.1, 0.15) is 37.0 Å². The van der Waals surface area contributed by atoms with Crippen molar-refractivity contribution >= 4 is 23.1 Å². The summed E-state index contributed by atoms with van der Waals surface area (Å²) in [5.41, 5.74) is 0.560. The standard InChI is InChI=1S/C25H22FNO5/c1-14(2)31-19-11-5-16(6-12-19)23(28)21-22(20-13-4-15(3)32-20)27(25(30)24(21)29)18-9-7-17(26)8-10-18/h4-14,22,28H,1-3H3/b23-21-. The molecule has 1 amide bonds. The third kappa shape index (κ3) is 3.89. The maximum atomic E-state index is 13.5. The summed E-state index contributed by atoms with van der Waals surface area (Å²) in [5, 5.41) is 11.1. The molecule has 1 aromatic heterocycles. The number of ketones is 1. The Balaban J connectivity index is 1.84.